The third-order valence-corrected chi connectivity index (χ3v) is 5.73. The lowest BCUT2D eigenvalue weighted by Crippen LogP contribution is -2.05. The van der Waals surface area contributed by atoms with Gasteiger partial charge in [0, 0.05) is 12.8 Å². The van der Waals surface area contributed by atoms with E-state index in [1.54, 1.807) is 0 Å². The van der Waals surface area contributed by atoms with Crippen molar-refractivity contribution in [3.63, 3.8) is 0 Å². The third kappa shape index (κ3) is 3.33. The van der Waals surface area contributed by atoms with E-state index in [4.69, 9.17) is 4.98 Å². The van der Waals surface area contributed by atoms with Crippen LogP contribution in [-0.2, 0) is 12.8 Å². The minimum Gasteiger partial charge on any atom is -0.330 e. The molecular formula is C22H20N2S. The number of benzene rings is 3. The maximum absolute atomic E-state index is 4.94. The SMILES string of the molecule is Cn1c(C(SCc2ccccc2)c2ccccc2)nc2ccccc21. The van der Waals surface area contributed by atoms with Crippen molar-refractivity contribution in [2.75, 3.05) is 0 Å². The van der Waals surface area contributed by atoms with E-state index in [1.807, 2.05) is 17.8 Å². The number of nitrogens with zero attached hydrogens (tertiary/aromatic N) is 2. The van der Waals surface area contributed by atoms with Crippen LogP contribution in [0.1, 0.15) is 22.2 Å². The second-order valence-corrected chi connectivity index (χ2v) is 7.20. The van der Waals surface area contributed by atoms with E-state index in [0.717, 1.165) is 17.1 Å². The van der Waals surface area contributed by atoms with Crippen LogP contribution in [0.3, 0.4) is 0 Å². The number of hydrogen-bond acceptors (Lipinski definition) is 2. The molecule has 0 aliphatic carbocycles. The normalized spacial score (nSPS) is 12.4. The summed E-state index contributed by atoms with van der Waals surface area (Å²) in [4.78, 5) is 4.94. The number of aryl methyl sites for hydroxylation is 1. The molecule has 4 rings (SSSR count). The van der Waals surface area contributed by atoms with Gasteiger partial charge in [-0.25, -0.2) is 4.98 Å². The molecule has 0 N–H and O–H groups in total. The fourth-order valence-electron chi connectivity index (χ4n) is 3.10. The summed E-state index contributed by atoms with van der Waals surface area (Å²) >= 11 is 1.93. The average molecular weight is 344 g/mol. The van der Waals surface area contributed by atoms with E-state index in [1.165, 1.54) is 16.6 Å². The van der Waals surface area contributed by atoms with Crippen molar-refractivity contribution in [1.29, 1.82) is 0 Å². The van der Waals surface area contributed by atoms with Crippen LogP contribution in [0.2, 0.25) is 0 Å². The van der Waals surface area contributed by atoms with Crippen molar-refractivity contribution in [1.82, 2.24) is 9.55 Å². The van der Waals surface area contributed by atoms with Gasteiger partial charge in [-0.1, -0.05) is 72.8 Å². The molecule has 1 unspecified atom stereocenters. The fourth-order valence-corrected chi connectivity index (χ4v) is 4.36. The van der Waals surface area contributed by atoms with E-state index in [0.29, 0.717) is 0 Å². The zero-order valence-corrected chi connectivity index (χ0v) is 15.0. The van der Waals surface area contributed by atoms with Gasteiger partial charge >= 0.3 is 0 Å². The first-order valence-corrected chi connectivity index (χ1v) is 9.49. The Morgan fingerprint density at radius 3 is 2.20 bits per heavy atom. The topological polar surface area (TPSA) is 17.8 Å². The molecule has 2 nitrogen and oxygen atoms in total. The zero-order valence-electron chi connectivity index (χ0n) is 14.2. The Morgan fingerprint density at radius 2 is 1.48 bits per heavy atom. The van der Waals surface area contributed by atoms with Gasteiger partial charge in [0.05, 0.1) is 16.3 Å². The molecule has 0 radical (unpaired) electrons. The minimum atomic E-state index is 0.207. The second-order valence-electron chi connectivity index (χ2n) is 6.11. The first-order chi connectivity index (χ1) is 12.3. The number of aromatic nitrogens is 2. The first-order valence-electron chi connectivity index (χ1n) is 8.45. The maximum Gasteiger partial charge on any atom is 0.127 e. The van der Waals surface area contributed by atoms with E-state index >= 15 is 0 Å². The summed E-state index contributed by atoms with van der Waals surface area (Å²) in [5, 5.41) is 0.207. The highest BCUT2D eigenvalue weighted by atomic mass is 32.2. The fraction of sp³-hybridized carbons (Fsp3) is 0.136. The van der Waals surface area contributed by atoms with Crippen molar-refractivity contribution >= 4 is 22.8 Å². The van der Waals surface area contributed by atoms with Gasteiger partial charge in [0.2, 0.25) is 0 Å². The van der Waals surface area contributed by atoms with Crippen molar-refractivity contribution in [2.24, 2.45) is 7.05 Å². The van der Waals surface area contributed by atoms with Crippen LogP contribution >= 0.6 is 11.8 Å². The Kier molecular flexibility index (Phi) is 4.57. The molecule has 0 spiro atoms. The minimum absolute atomic E-state index is 0.207. The maximum atomic E-state index is 4.94. The predicted octanol–water partition coefficient (Wildman–Crippen LogP) is 5.60. The molecule has 1 aromatic heterocycles. The molecule has 1 atom stereocenters. The van der Waals surface area contributed by atoms with Crippen molar-refractivity contribution in [2.45, 2.75) is 11.0 Å². The summed E-state index contributed by atoms with van der Waals surface area (Å²) in [6.07, 6.45) is 0. The lowest BCUT2D eigenvalue weighted by atomic mass is 10.1. The highest BCUT2D eigenvalue weighted by Gasteiger charge is 2.21. The van der Waals surface area contributed by atoms with Gasteiger partial charge in [0.25, 0.3) is 0 Å². The monoisotopic (exact) mass is 344 g/mol. The lowest BCUT2D eigenvalue weighted by Gasteiger charge is -2.17. The van der Waals surface area contributed by atoms with Gasteiger partial charge in [-0.05, 0) is 23.3 Å². The summed E-state index contributed by atoms with van der Waals surface area (Å²) in [5.74, 6) is 2.07. The Hall–Kier alpha value is -2.52. The molecule has 0 bridgehead atoms. The molecule has 0 aliphatic rings. The number of imidazole rings is 1. The van der Waals surface area contributed by atoms with E-state index in [2.05, 4.69) is 90.5 Å². The molecule has 0 aliphatic heterocycles. The van der Waals surface area contributed by atoms with Crippen LogP contribution in [-0.4, -0.2) is 9.55 Å². The Labute approximate surface area is 152 Å². The number of hydrogen-bond donors (Lipinski definition) is 0. The highest BCUT2D eigenvalue weighted by Crippen LogP contribution is 2.38. The van der Waals surface area contributed by atoms with E-state index in [-0.39, 0.29) is 5.25 Å². The number of fused-ring (bicyclic) bond motifs is 1. The Bertz CT molecular complexity index is 961. The molecule has 124 valence electrons. The molecule has 3 aromatic carbocycles. The molecule has 4 aromatic rings. The van der Waals surface area contributed by atoms with E-state index in [9.17, 15) is 0 Å². The largest absolute Gasteiger partial charge is 0.330 e. The molecule has 0 saturated heterocycles. The van der Waals surface area contributed by atoms with Gasteiger partial charge < -0.3 is 4.57 Å². The molecule has 0 fully saturated rings. The quantitative estimate of drug-likeness (QED) is 0.469. The smallest absolute Gasteiger partial charge is 0.127 e. The molecule has 25 heavy (non-hydrogen) atoms. The van der Waals surface area contributed by atoms with E-state index < -0.39 is 0 Å². The number of rotatable bonds is 5. The van der Waals surface area contributed by atoms with Crippen LogP contribution in [0.15, 0.2) is 84.9 Å². The van der Waals surface area contributed by atoms with Crippen LogP contribution < -0.4 is 0 Å². The lowest BCUT2D eigenvalue weighted by molar-refractivity contribution is 0.835. The number of para-hydroxylation sites is 2. The molecular weight excluding hydrogens is 324 g/mol. The van der Waals surface area contributed by atoms with Gasteiger partial charge in [0.15, 0.2) is 0 Å². The Morgan fingerprint density at radius 1 is 0.840 bits per heavy atom. The molecule has 0 amide bonds. The van der Waals surface area contributed by atoms with Crippen molar-refractivity contribution < 1.29 is 0 Å². The predicted molar refractivity (Wildman–Crippen MR) is 107 cm³/mol. The third-order valence-electron chi connectivity index (χ3n) is 4.42. The molecule has 0 saturated carbocycles. The molecule has 1 heterocycles. The van der Waals surface area contributed by atoms with Crippen molar-refractivity contribution in [3.8, 4) is 0 Å². The molecule has 3 heteroatoms. The van der Waals surface area contributed by atoms with Gasteiger partial charge in [-0.15, -0.1) is 11.8 Å². The summed E-state index contributed by atoms with van der Waals surface area (Å²) in [6, 6.07) is 29.6. The van der Waals surface area contributed by atoms with Gasteiger partial charge in [0.1, 0.15) is 5.82 Å². The summed E-state index contributed by atoms with van der Waals surface area (Å²) in [7, 11) is 2.11. The van der Waals surface area contributed by atoms with Crippen LogP contribution in [0, 0.1) is 0 Å². The average Bonchev–Trinajstić information content (AvgIpc) is 3.01. The van der Waals surface area contributed by atoms with Gasteiger partial charge in [-0.3, -0.25) is 0 Å². The summed E-state index contributed by atoms with van der Waals surface area (Å²) < 4.78 is 2.23. The highest BCUT2D eigenvalue weighted by molar-refractivity contribution is 7.98. The first kappa shape index (κ1) is 16.0. The van der Waals surface area contributed by atoms with Crippen molar-refractivity contribution in [3.05, 3.63) is 102 Å². The second kappa shape index (κ2) is 7.16. The standard InChI is InChI=1S/C22H20N2S/c1-24-20-15-9-8-14-19(20)23-22(24)21(18-12-6-3-7-13-18)25-16-17-10-4-2-5-11-17/h2-15,21H,16H2,1H3. The van der Waals surface area contributed by atoms with Crippen LogP contribution in [0.4, 0.5) is 0 Å². The number of thioether (sulfide) groups is 1. The summed E-state index contributed by atoms with van der Waals surface area (Å²) in [5.41, 5.74) is 4.87. The summed E-state index contributed by atoms with van der Waals surface area (Å²) in [6.45, 7) is 0. The zero-order chi connectivity index (χ0) is 17.1. The van der Waals surface area contributed by atoms with Gasteiger partial charge in [-0.2, -0.15) is 0 Å². The van der Waals surface area contributed by atoms with Crippen LogP contribution in [0.25, 0.3) is 11.0 Å². The van der Waals surface area contributed by atoms with Crippen LogP contribution in [0.5, 0.6) is 0 Å². The Balaban J connectivity index is 1.73.